The van der Waals surface area contributed by atoms with Gasteiger partial charge in [0, 0.05) is 12.1 Å². The van der Waals surface area contributed by atoms with Crippen LogP contribution in [-0.2, 0) is 4.79 Å². The fourth-order valence-electron chi connectivity index (χ4n) is 3.17. The maximum atomic E-state index is 13.0. The van der Waals surface area contributed by atoms with Crippen LogP contribution in [0.5, 0.6) is 0 Å². The number of amides is 1. The second-order valence-corrected chi connectivity index (χ2v) is 9.53. The summed E-state index contributed by atoms with van der Waals surface area (Å²) < 4.78 is 1.44. The lowest BCUT2D eigenvalue weighted by atomic mass is 9.98. The Labute approximate surface area is 187 Å². The van der Waals surface area contributed by atoms with Crippen LogP contribution in [0.4, 0.5) is 5.69 Å². The third kappa shape index (κ3) is 4.92. The molecule has 3 aromatic carbocycles. The maximum absolute atomic E-state index is 13.0. The summed E-state index contributed by atoms with van der Waals surface area (Å²) in [6.45, 7) is 1.83. The maximum Gasteiger partial charge on any atom is 0.270 e. The number of nitro benzene ring substituents is 1. The van der Waals surface area contributed by atoms with Crippen LogP contribution in [-0.4, -0.2) is 21.1 Å². The Balaban J connectivity index is 1.51. The normalized spacial score (nSPS) is 12.1. The molecule has 0 fully saturated rings. The Kier molecular flexibility index (Phi) is 6.29. The SMILES string of the molecule is CC(Sc1nc2ccc([N+](=O)[O-])cc2s1)C(=O)NC(c1ccccc1)c1ccccc1. The van der Waals surface area contributed by atoms with Gasteiger partial charge in [-0.05, 0) is 24.1 Å². The molecule has 8 heteroatoms. The summed E-state index contributed by atoms with van der Waals surface area (Å²) in [5.41, 5.74) is 2.74. The van der Waals surface area contributed by atoms with Crippen molar-refractivity contribution in [2.75, 3.05) is 0 Å². The lowest BCUT2D eigenvalue weighted by Crippen LogP contribution is -2.34. The first-order valence-electron chi connectivity index (χ1n) is 9.63. The molecule has 0 bridgehead atoms. The lowest BCUT2D eigenvalue weighted by molar-refractivity contribution is -0.384. The fourth-order valence-corrected chi connectivity index (χ4v) is 5.42. The average molecular weight is 450 g/mol. The van der Waals surface area contributed by atoms with Crippen LogP contribution in [0.1, 0.15) is 24.1 Å². The Morgan fingerprint density at radius 1 is 1.03 bits per heavy atom. The molecule has 0 aliphatic heterocycles. The van der Waals surface area contributed by atoms with Gasteiger partial charge in [-0.3, -0.25) is 14.9 Å². The molecule has 0 aliphatic rings. The van der Waals surface area contributed by atoms with Crippen molar-refractivity contribution in [2.45, 2.75) is 22.6 Å². The molecule has 1 amide bonds. The molecule has 0 saturated carbocycles. The third-order valence-corrected chi connectivity index (χ3v) is 6.97. The van der Waals surface area contributed by atoms with Gasteiger partial charge in [0.1, 0.15) is 0 Å². The Morgan fingerprint density at radius 3 is 2.23 bits per heavy atom. The summed E-state index contributed by atoms with van der Waals surface area (Å²) in [4.78, 5) is 28.1. The highest BCUT2D eigenvalue weighted by Gasteiger charge is 2.22. The number of fused-ring (bicyclic) bond motifs is 1. The van der Waals surface area contributed by atoms with Crippen molar-refractivity contribution in [2.24, 2.45) is 0 Å². The number of benzene rings is 3. The molecule has 4 rings (SSSR count). The van der Waals surface area contributed by atoms with E-state index in [1.54, 1.807) is 6.07 Å². The Bertz CT molecular complexity index is 1170. The summed E-state index contributed by atoms with van der Waals surface area (Å²) in [5, 5.41) is 13.8. The summed E-state index contributed by atoms with van der Waals surface area (Å²) in [6, 6.07) is 24.0. The van der Waals surface area contributed by atoms with Crippen molar-refractivity contribution in [3.05, 3.63) is 100 Å². The van der Waals surface area contributed by atoms with Crippen molar-refractivity contribution in [3.8, 4) is 0 Å². The van der Waals surface area contributed by atoms with Crippen molar-refractivity contribution < 1.29 is 9.72 Å². The molecule has 1 N–H and O–H groups in total. The van der Waals surface area contributed by atoms with Crippen LogP contribution >= 0.6 is 23.1 Å². The van der Waals surface area contributed by atoms with Gasteiger partial charge >= 0.3 is 0 Å². The van der Waals surface area contributed by atoms with E-state index in [0.29, 0.717) is 9.86 Å². The molecular weight excluding hydrogens is 430 g/mol. The van der Waals surface area contributed by atoms with E-state index < -0.39 is 4.92 Å². The van der Waals surface area contributed by atoms with Gasteiger partial charge in [0.15, 0.2) is 4.34 Å². The highest BCUT2D eigenvalue weighted by molar-refractivity contribution is 8.02. The molecule has 4 aromatic rings. The molecule has 0 spiro atoms. The molecule has 1 atom stereocenters. The molecule has 1 unspecified atom stereocenters. The molecule has 0 saturated heterocycles. The minimum atomic E-state index is -0.421. The molecule has 31 heavy (non-hydrogen) atoms. The summed E-state index contributed by atoms with van der Waals surface area (Å²) in [6.07, 6.45) is 0. The number of thioether (sulfide) groups is 1. The summed E-state index contributed by atoms with van der Waals surface area (Å²) in [5.74, 6) is -0.104. The molecule has 6 nitrogen and oxygen atoms in total. The first-order valence-corrected chi connectivity index (χ1v) is 11.3. The Hall–Kier alpha value is -3.23. The number of nitro groups is 1. The van der Waals surface area contributed by atoms with Crippen LogP contribution < -0.4 is 5.32 Å². The highest BCUT2D eigenvalue weighted by Crippen LogP contribution is 2.34. The van der Waals surface area contributed by atoms with Crippen molar-refractivity contribution in [1.82, 2.24) is 10.3 Å². The average Bonchev–Trinajstić information content (AvgIpc) is 3.19. The van der Waals surface area contributed by atoms with Crippen molar-refractivity contribution in [1.29, 1.82) is 0 Å². The molecule has 156 valence electrons. The van der Waals surface area contributed by atoms with E-state index >= 15 is 0 Å². The summed E-state index contributed by atoms with van der Waals surface area (Å²) in [7, 11) is 0. The number of thiazole rings is 1. The molecule has 0 aliphatic carbocycles. The van der Waals surface area contributed by atoms with E-state index in [9.17, 15) is 14.9 Å². The van der Waals surface area contributed by atoms with Crippen molar-refractivity contribution >= 4 is 44.9 Å². The third-order valence-electron chi connectivity index (χ3n) is 4.76. The van der Waals surface area contributed by atoms with E-state index in [0.717, 1.165) is 15.8 Å². The van der Waals surface area contributed by atoms with Crippen LogP contribution in [0.25, 0.3) is 10.2 Å². The van der Waals surface area contributed by atoms with Gasteiger partial charge in [-0.15, -0.1) is 11.3 Å². The van der Waals surface area contributed by atoms with Crippen LogP contribution in [0, 0.1) is 10.1 Å². The van der Waals surface area contributed by atoms with Gasteiger partial charge in [0.2, 0.25) is 5.91 Å². The first kappa shape index (κ1) is 21.0. The zero-order valence-corrected chi connectivity index (χ0v) is 18.2. The fraction of sp³-hybridized carbons (Fsp3) is 0.130. The van der Waals surface area contributed by atoms with E-state index in [1.165, 1.54) is 35.2 Å². The zero-order chi connectivity index (χ0) is 21.8. The molecule has 1 aromatic heterocycles. The summed E-state index contributed by atoms with van der Waals surface area (Å²) >= 11 is 2.70. The second kappa shape index (κ2) is 9.28. The van der Waals surface area contributed by atoms with Crippen LogP contribution in [0.2, 0.25) is 0 Å². The van der Waals surface area contributed by atoms with E-state index in [1.807, 2.05) is 67.6 Å². The second-order valence-electron chi connectivity index (χ2n) is 6.91. The van der Waals surface area contributed by atoms with Crippen LogP contribution in [0.3, 0.4) is 0 Å². The van der Waals surface area contributed by atoms with Gasteiger partial charge in [0.05, 0.1) is 26.4 Å². The molecular formula is C23H19N3O3S2. The smallest absolute Gasteiger partial charge is 0.270 e. The molecule has 0 radical (unpaired) electrons. The topological polar surface area (TPSA) is 85.1 Å². The van der Waals surface area contributed by atoms with Crippen molar-refractivity contribution in [3.63, 3.8) is 0 Å². The van der Waals surface area contributed by atoms with E-state index in [2.05, 4.69) is 10.3 Å². The zero-order valence-electron chi connectivity index (χ0n) is 16.6. The standard InChI is InChI=1S/C23H19N3O3S2/c1-15(30-23-24-19-13-12-18(26(28)29)14-20(19)31-23)22(27)25-21(16-8-4-2-5-9-16)17-10-6-3-7-11-17/h2-15,21H,1H3,(H,25,27). The number of hydrogen-bond acceptors (Lipinski definition) is 6. The largest absolute Gasteiger partial charge is 0.344 e. The number of carbonyl (C=O) groups is 1. The minimum Gasteiger partial charge on any atom is -0.344 e. The van der Waals surface area contributed by atoms with Gasteiger partial charge in [-0.1, -0.05) is 72.4 Å². The number of hydrogen-bond donors (Lipinski definition) is 1. The minimum absolute atomic E-state index is 0.0343. The predicted octanol–water partition coefficient (Wildman–Crippen LogP) is 5.59. The number of aromatic nitrogens is 1. The van der Waals surface area contributed by atoms with Gasteiger partial charge < -0.3 is 5.32 Å². The number of nitrogens with one attached hydrogen (secondary N) is 1. The Morgan fingerprint density at radius 2 is 1.65 bits per heavy atom. The number of non-ortho nitro benzene ring substituents is 1. The quantitative estimate of drug-likeness (QED) is 0.226. The monoisotopic (exact) mass is 449 g/mol. The van der Waals surface area contributed by atoms with E-state index in [-0.39, 0.29) is 22.9 Å². The number of carbonyl (C=O) groups excluding carboxylic acids is 1. The lowest BCUT2D eigenvalue weighted by Gasteiger charge is -2.21. The number of nitrogens with zero attached hydrogens (tertiary/aromatic N) is 2. The predicted molar refractivity (Wildman–Crippen MR) is 124 cm³/mol. The van der Waals surface area contributed by atoms with Gasteiger partial charge in [-0.25, -0.2) is 4.98 Å². The molecule has 1 heterocycles. The van der Waals surface area contributed by atoms with Gasteiger partial charge in [0.25, 0.3) is 5.69 Å². The van der Waals surface area contributed by atoms with Gasteiger partial charge in [-0.2, -0.15) is 0 Å². The first-order chi connectivity index (χ1) is 15.0. The highest BCUT2D eigenvalue weighted by atomic mass is 32.2. The van der Waals surface area contributed by atoms with Crippen LogP contribution in [0.15, 0.2) is 83.2 Å². The van der Waals surface area contributed by atoms with E-state index in [4.69, 9.17) is 0 Å². The number of rotatable bonds is 7.